The molecule has 0 aliphatic carbocycles. The Labute approximate surface area is 142 Å². The lowest BCUT2D eigenvalue weighted by atomic mass is 9.93. The summed E-state index contributed by atoms with van der Waals surface area (Å²) in [6.07, 6.45) is 6.40. The number of anilines is 1. The molecule has 0 aliphatic heterocycles. The molecule has 0 spiro atoms. The Morgan fingerprint density at radius 3 is 2.61 bits per heavy atom. The van der Waals surface area contributed by atoms with E-state index in [0.29, 0.717) is 11.4 Å². The highest BCUT2D eigenvalue weighted by Gasteiger charge is 2.12. The molecule has 2 rings (SSSR count). The first-order chi connectivity index (χ1) is 11.0. The molecule has 3 heteroatoms. The van der Waals surface area contributed by atoms with Gasteiger partial charge < -0.3 is 11.1 Å². The van der Waals surface area contributed by atoms with Crippen LogP contribution in [0.4, 0.5) is 5.69 Å². The molecule has 0 fully saturated rings. The SMILES string of the molecule is C=Cc1ccc(N)c(C(=N)/C=C/c2ccc(C(=C)C)s2)c1CC. The average Bonchev–Trinajstić information content (AvgIpc) is 3.01. The van der Waals surface area contributed by atoms with E-state index < -0.39 is 0 Å². The molecule has 0 radical (unpaired) electrons. The first-order valence-electron chi connectivity index (χ1n) is 7.54. The summed E-state index contributed by atoms with van der Waals surface area (Å²) in [7, 11) is 0. The second kappa shape index (κ2) is 7.25. The van der Waals surface area contributed by atoms with Crippen LogP contribution in [0.5, 0.6) is 0 Å². The van der Waals surface area contributed by atoms with Crippen LogP contribution in [0.1, 0.15) is 40.3 Å². The normalized spacial score (nSPS) is 10.9. The van der Waals surface area contributed by atoms with Crippen LogP contribution in [0.3, 0.4) is 0 Å². The number of hydrogen-bond donors (Lipinski definition) is 2. The minimum absolute atomic E-state index is 0.424. The number of thiophene rings is 1. The van der Waals surface area contributed by atoms with Gasteiger partial charge in [-0.15, -0.1) is 11.3 Å². The number of hydrogen-bond acceptors (Lipinski definition) is 3. The maximum absolute atomic E-state index is 8.41. The summed E-state index contributed by atoms with van der Waals surface area (Å²) < 4.78 is 0. The van der Waals surface area contributed by atoms with Gasteiger partial charge in [0, 0.05) is 21.0 Å². The molecule has 118 valence electrons. The Morgan fingerprint density at radius 2 is 2.04 bits per heavy atom. The summed E-state index contributed by atoms with van der Waals surface area (Å²) in [5.74, 6) is 0. The lowest BCUT2D eigenvalue weighted by Gasteiger charge is -2.13. The topological polar surface area (TPSA) is 49.9 Å². The number of benzene rings is 1. The van der Waals surface area contributed by atoms with E-state index in [1.165, 1.54) is 4.88 Å². The summed E-state index contributed by atoms with van der Waals surface area (Å²) >= 11 is 1.67. The average molecular weight is 322 g/mol. The molecule has 1 aromatic heterocycles. The Bertz CT molecular complexity index is 794. The maximum atomic E-state index is 8.41. The third kappa shape index (κ3) is 3.69. The fourth-order valence-electron chi connectivity index (χ4n) is 2.49. The van der Waals surface area contributed by atoms with Crippen molar-refractivity contribution in [1.82, 2.24) is 0 Å². The molecule has 1 heterocycles. The summed E-state index contributed by atoms with van der Waals surface area (Å²) in [5.41, 5.74) is 11.1. The molecule has 0 unspecified atom stereocenters. The highest BCUT2D eigenvalue weighted by Crippen LogP contribution is 2.26. The third-order valence-corrected chi connectivity index (χ3v) is 4.90. The predicted octanol–water partition coefficient (Wildman–Crippen LogP) is 5.65. The van der Waals surface area contributed by atoms with Gasteiger partial charge in [0.1, 0.15) is 0 Å². The highest BCUT2D eigenvalue weighted by molar-refractivity contribution is 7.14. The van der Waals surface area contributed by atoms with E-state index in [9.17, 15) is 0 Å². The van der Waals surface area contributed by atoms with Crippen LogP contribution in [0, 0.1) is 5.41 Å². The van der Waals surface area contributed by atoms with Crippen molar-refractivity contribution in [2.45, 2.75) is 20.3 Å². The van der Waals surface area contributed by atoms with E-state index in [1.54, 1.807) is 11.3 Å². The van der Waals surface area contributed by atoms with Crippen LogP contribution in [0.2, 0.25) is 0 Å². The van der Waals surface area contributed by atoms with Gasteiger partial charge in [0.05, 0.1) is 5.71 Å². The maximum Gasteiger partial charge on any atom is 0.0636 e. The molecule has 1 aromatic carbocycles. The zero-order chi connectivity index (χ0) is 17.0. The van der Waals surface area contributed by atoms with Crippen LogP contribution >= 0.6 is 11.3 Å². The van der Waals surface area contributed by atoms with Crippen LogP contribution in [-0.2, 0) is 6.42 Å². The largest absolute Gasteiger partial charge is 0.398 e. The summed E-state index contributed by atoms with van der Waals surface area (Å²) in [6.45, 7) is 11.9. The smallest absolute Gasteiger partial charge is 0.0636 e. The fraction of sp³-hybridized carbons (Fsp3) is 0.150. The van der Waals surface area contributed by atoms with E-state index >= 15 is 0 Å². The van der Waals surface area contributed by atoms with E-state index in [0.717, 1.165) is 33.6 Å². The zero-order valence-electron chi connectivity index (χ0n) is 13.6. The zero-order valence-corrected chi connectivity index (χ0v) is 14.5. The van der Waals surface area contributed by atoms with Gasteiger partial charge in [0.2, 0.25) is 0 Å². The Kier molecular flexibility index (Phi) is 5.35. The molecule has 3 N–H and O–H groups in total. The number of rotatable bonds is 6. The summed E-state index contributed by atoms with van der Waals surface area (Å²) in [5, 5.41) is 8.41. The number of nitrogens with one attached hydrogen (secondary N) is 1. The van der Waals surface area contributed by atoms with Gasteiger partial charge in [-0.1, -0.05) is 32.2 Å². The first-order valence-corrected chi connectivity index (χ1v) is 8.36. The number of allylic oxidation sites excluding steroid dienone is 2. The molecule has 23 heavy (non-hydrogen) atoms. The van der Waals surface area contributed by atoms with E-state index in [-0.39, 0.29) is 0 Å². The molecule has 0 aliphatic rings. The minimum atomic E-state index is 0.424. The Morgan fingerprint density at radius 1 is 1.30 bits per heavy atom. The molecule has 2 aromatic rings. The van der Waals surface area contributed by atoms with Gasteiger partial charge in [0.25, 0.3) is 0 Å². The van der Waals surface area contributed by atoms with Crippen molar-refractivity contribution in [3.8, 4) is 0 Å². The molecule has 0 atom stereocenters. The Hall–Kier alpha value is -2.39. The van der Waals surface area contributed by atoms with Gasteiger partial charge >= 0.3 is 0 Å². The van der Waals surface area contributed by atoms with E-state index in [4.69, 9.17) is 11.1 Å². The van der Waals surface area contributed by atoms with Gasteiger partial charge in [-0.2, -0.15) is 0 Å². The molecule has 0 saturated heterocycles. The molecular weight excluding hydrogens is 300 g/mol. The van der Waals surface area contributed by atoms with Gasteiger partial charge in [-0.3, -0.25) is 0 Å². The lowest BCUT2D eigenvalue weighted by Crippen LogP contribution is -2.07. The standard InChI is InChI=1S/C20H22N2S/c1-5-14-7-10-17(21)20(16(14)6-2)18(22)11-8-15-9-12-19(23-15)13(3)4/h5,7-12,22H,1,3,6,21H2,2,4H3/b11-8+,22-18?. The van der Waals surface area contributed by atoms with Crippen molar-refractivity contribution in [2.75, 3.05) is 5.73 Å². The van der Waals surface area contributed by atoms with Gasteiger partial charge in [0.15, 0.2) is 0 Å². The van der Waals surface area contributed by atoms with Crippen LogP contribution in [0.25, 0.3) is 17.7 Å². The van der Waals surface area contributed by atoms with E-state index in [1.807, 2.05) is 43.4 Å². The number of nitrogens with two attached hydrogens (primary N) is 1. The second-order valence-electron chi connectivity index (χ2n) is 5.38. The molecule has 0 amide bonds. The molecule has 0 bridgehead atoms. The molecule has 2 nitrogen and oxygen atoms in total. The second-order valence-corrected chi connectivity index (χ2v) is 6.50. The van der Waals surface area contributed by atoms with Crippen molar-refractivity contribution in [3.05, 3.63) is 69.9 Å². The quantitative estimate of drug-likeness (QED) is 0.524. The molecule has 0 saturated carbocycles. The summed E-state index contributed by atoms with van der Waals surface area (Å²) in [4.78, 5) is 2.27. The first kappa shape index (κ1) is 17.0. The van der Waals surface area contributed by atoms with Crippen molar-refractivity contribution < 1.29 is 0 Å². The highest BCUT2D eigenvalue weighted by atomic mass is 32.1. The van der Waals surface area contributed by atoms with Crippen molar-refractivity contribution in [2.24, 2.45) is 0 Å². The van der Waals surface area contributed by atoms with E-state index in [2.05, 4.69) is 26.1 Å². The van der Waals surface area contributed by atoms with Crippen molar-refractivity contribution in [1.29, 1.82) is 5.41 Å². The fourth-order valence-corrected chi connectivity index (χ4v) is 3.33. The predicted molar refractivity (Wildman–Crippen MR) is 105 cm³/mol. The monoisotopic (exact) mass is 322 g/mol. The van der Waals surface area contributed by atoms with Crippen molar-refractivity contribution >= 4 is 40.5 Å². The molecular formula is C20H22N2S. The van der Waals surface area contributed by atoms with Crippen LogP contribution in [-0.4, -0.2) is 5.71 Å². The van der Waals surface area contributed by atoms with Gasteiger partial charge in [-0.05, 0) is 60.4 Å². The Balaban J connectivity index is 2.35. The third-order valence-electron chi connectivity index (χ3n) is 3.69. The lowest BCUT2D eigenvalue weighted by molar-refractivity contribution is 1.13. The van der Waals surface area contributed by atoms with Crippen molar-refractivity contribution in [3.63, 3.8) is 0 Å². The van der Waals surface area contributed by atoms with Gasteiger partial charge in [-0.25, -0.2) is 0 Å². The minimum Gasteiger partial charge on any atom is -0.398 e. The van der Waals surface area contributed by atoms with Crippen LogP contribution in [0.15, 0.2) is 43.5 Å². The summed E-state index contributed by atoms with van der Waals surface area (Å²) in [6, 6.07) is 7.90. The number of nitrogen functional groups attached to an aromatic ring is 1. The van der Waals surface area contributed by atoms with Crippen LogP contribution < -0.4 is 5.73 Å².